The fourth-order valence-corrected chi connectivity index (χ4v) is 2.72. The molecule has 0 aromatic carbocycles. The van der Waals surface area contributed by atoms with Gasteiger partial charge in [-0.2, -0.15) is 0 Å². The highest BCUT2D eigenvalue weighted by Gasteiger charge is 2.41. The molecule has 64 valence electrons. The summed E-state index contributed by atoms with van der Waals surface area (Å²) in [6, 6.07) is 0. The van der Waals surface area contributed by atoms with Crippen LogP contribution in [0.1, 0.15) is 33.1 Å². The van der Waals surface area contributed by atoms with Gasteiger partial charge >= 0.3 is 0 Å². The zero-order valence-corrected chi connectivity index (χ0v) is 7.77. The molecule has 3 saturated heterocycles. The average molecular weight is 153 g/mol. The minimum Gasteiger partial charge on any atom is -0.303 e. The lowest BCUT2D eigenvalue weighted by atomic mass is 9.65. The second kappa shape index (κ2) is 2.48. The third kappa shape index (κ3) is 1.10. The molecule has 0 N–H and O–H groups in total. The van der Waals surface area contributed by atoms with Crippen LogP contribution >= 0.6 is 0 Å². The minimum absolute atomic E-state index is 0.745. The number of hydrogen-bond donors (Lipinski definition) is 0. The first kappa shape index (κ1) is 7.60. The normalized spacial score (nSPS) is 43.4. The fourth-order valence-electron chi connectivity index (χ4n) is 2.72. The first-order valence-corrected chi connectivity index (χ1v) is 4.95. The molecule has 3 aliphatic heterocycles. The Kier molecular flexibility index (Phi) is 1.71. The first-order chi connectivity index (χ1) is 5.23. The van der Waals surface area contributed by atoms with Gasteiger partial charge in [0.15, 0.2) is 0 Å². The van der Waals surface area contributed by atoms with E-state index in [2.05, 4.69) is 18.7 Å². The Morgan fingerprint density at radius 2 is 1.45 bits per heavy atom. The third-order valence-electron chi connectivity index (χ3n) is 4.00. The summed E-state index contributed by atoms with van der Waals surface area (Å²) in [4.78, 5) is 2.62. The van der Waals surface area contributed by atoms with Gasteiger partial charge in [0, 0.05) is 0 Å². The predicted octanol–water partition coefficient (Wildman–Crippen LogP) is 2.13. The average Bonchev–Trinajstić information content (AvgIpc) is 2.08. The van der Waals surface area contributed by atoms with E-state index < -0.39 is 0 Å². The molecule has 0 radical (unpaired) electrons. The zero-order valence-electron chi connectivity index (χ0n) is 7.77. The van der Waals surface area contributed by atoms with Crippen LogP contribution in [0.25, 0.3) is 0 Å². The van der Waals surface area contributed by atoms with E-state index in [1.165, 1.54) is 38.9 Å². The predicted molar refractivity (Wildman–Crippen MR) is 47.6 cm³/mol. The molecule has 0 atom stereocenters. The van der Waals surface area contributed by atoms with E-state index in [9.17, 15) is 0 Å². The van der Waals surface area contributed by atoms with Crippen molar-refractivity contribution in [3.63, 3.8) is 0 Å². The number of fused-ring (bicyclic) bond motifs is 3. The molecule has 3 fully saturated rings. The molecule has 0 aliphatic carbocycles. The Balaban J connectivity index is 2.12. The molecule has 3 aliphatic rings. The lowest BCUT2D eigenvalue weighted by Crippen LogP contribution is -2.50. The van der Waals surface area contributed by atoms with Crippen LogP contribution in [0.2, 0.25) is 0 Å². The molecule has 0 aromatic rings. The maximum Gasteiger partial charge on any atom is -0.00133 e. The van der Waals surface area contributed by atoms with Gasteiger partial charge < -0.3 is 4.90 Å². The summed E-state index contributed by atoms with van der Waals surface area (Å²) in [5, 5.41) is 0. The van der Waals surface area contributed by atoms with Crippen LogP contribution in [0.15, 0.2) is 0 Å². The Labute approximate surface area is 69.8 Å². The van der Waals surface area contributed by atoms with Crippen molar-refractivity contribution in [1.29, 1.82) is 0 Å². The van der Waals surface area contributed by atoms with Crippen molar-refractivity contribution in [1.82, 2.24) is 4.90 Å². The smallest absolute Gasteiger partial charge is 0.00133 e. The highest BCUT2D eigenvalue weighted by molar-refractivity contribution is 4.93. The molecule has 0 saturated carbocycles. The minimum atomic E-state index is 0.745. The molecule has 0 aromatic heterocycles. The van der Waals surface area contributed by atoms with E-state index in [1.54, 1.807) is 0 Å². The van der Waals surface area contributed by atoms with Gasteiger partial charge in [0.2, 0.25) is 0 Å². The third-order valence-corrected chi connectivity index (χ3v) is 4.00. The summed E-state index contributed by atoms with van der Waals surface area (Å²) in [6.07, 6.45) is 4.39. The molecular formula is C10H19N. The van der Waals surface area contributed by atoms with Gasteiger partial charge in [0.05, 0.1) is 0 Å². The Morgan fingerprint density at radius 3 is 1.73 bits per heavy atom. The quantitative estimate of drug-likeness (QED) is 0.558. The van der Waals surface area contributed by atoms with Crippen molar-refractivity contribution in [2.24, 2.45) is 11.3 Å². The van der Waals surface area contributed by atoms with Crippen LogP contribution in [-0.4, -0.2) is 24.5 Å². The van der Waals surface area contributed by atoms with Gasteiger partial charge in [0.1, 0.15) is 0 Å². The van der Waals surface area contributed by atoms with E-state index in [4.69, 9.17) is 0 Å². The number of hydrogen-bond acceptors (Lipinski definition) is 1. The molecule has 0 amide bonds. The highest BCUT2D eigenvalue weighted by atomic mass is 15.1. The molecular weight excluding hydrogens is 134 g/mol. The van der Waals surface area contributed by atoms with Gasteiger partial charge in [-0.25, -0.2) is 0 Å². The zero-order chi connectivity index (χ0) is 7.90. The standard InChI is InChI=1S/C10H19N/c1-9(2)10-3-6-11(7-4-10)8-5-10/h9H,3-8H2,1-2H3. The van der Waals surface area contributed by atoms with Gasteiger partial charge in [-0.05, 0) is 50.2 Å². The van der Waals surface area contributed by atoms with Crippen molar-refractivity contribution in [3.8, 4) is 0 Å². The van der Waals surface area contributed by atoms with Crippen LogP contribution < -0.4 is 0 Å². The Hall–Kier alpha value is -0.0400. The van der Waals surface area contributed by atoms with Crippen molar-refractivity contribution in [2.75, 3.05) is 19.6 Å². The maximum atomic E-state index is 2.62. The Morgan fingerprint density at radius 1 is 1.00 bits per heavy atom. The van der Waals surface area contributed by atoms with E-state index >= 15 is 0 Å². The number of rotatable bonds is 1. The van der Waals surface area contributed by atoms with Gasteiger partial charge in [0.25, 0.3) is 0 Å². The summed E-state index contributed by atoms with van der Waals surface area (Å²) in [6.45, 7) is 8.93. The van der Waals surface area contributed by atoms with Gasteiger partial charge in [-0.3, -0.25) is 0 Å². The molecule has 11 heavy (non-hydrogen) atoms. The van der Waals surface area contributed by atoms with Crippen molar-refractivity contribution >= 4 is 0 Å². The van der Waals surface area contributed by atoms with E-state index in [1.807, 2.05) is 0 Å². The monoisotopic (exact) mass is 153 g/mol. The van der Waals surface area contributed by atoms with Gasteiger partial charge in [-0.1, -0.05) is 13.8 Å². The van der Waals surface area contributed by atoms with Crippen molar-refractivity contribution < 1.29 is 0 Å². The lowest BCUT2D eigenvalue weighted by Gasteiger charge is -2.51. The lowest BCUT2D eigenvalue weighted by molar-refractivity contribution is -0.00801. The number of nitrogens with zero attached hydrogens (tertiary/aromatic N) is 1. The van der Waals surface area contributed by atoms with Gasteiger partial charge in [-0.15, -0.1) is 0 Å². The van der Waals surface area contributed by atoms with Crippen molar-refractivity contribution in [2.45, 2.75) is 33.1 Å². The van der Waals surface area contributed by atoms with Crippen LogP contribution in [0.3, 0.4) is 0 Å². The first-order valence-electron chi connectivity index (χ1n) is 4.95. The molecule has 3 heterocycles. The van der Waals surface area contributed by atoms with Crippen LogP contribution in [0.4, 0.5) is 0 Å². The van der Waals surface area contributed by atoms with E-state index in [-0.39, 0.29) is 0 Å². The van der Waals surface area contributed by atoms with E-state index in [0.717, 1.165) is 11.3 Å². The summed E-state index contributed by atoms with van der Waals surface area (Å²) >= 11 is 0. The van der Waals surface area contributed by atoms with Crippen LogP contribution in [-0.2, 0) is 0 Å². The van der Waals surface area contributed by atoms with Crippen molar-refractivity contribution in [3.05, 3.63) is 0 Å². The SMILES string of the molecule is CC(C)C12CCN(CC1)CC2. The summed E-state index contributed by atoms with van der Waals surface area (Å²) in [7, 11) is 0. The second-order valence-corrected chi connectivity index (χ2v) is 4.61. The summed E-state index contributed by atoms with van der Waals surface area (Å²) < 4.78 is 0. The molecule has 2 bridgehead atoms. The van der Waals surface area contributed by atoms with E-state index in [0.29, 0.717) is 0 Å². The molecule has 3 rings (SSSR count). The molecule has 1 heteroatoms. The topological polar surface area (TPSA) is 3.24 Å². The summed E-state index contributed by atoms with van der Waals surface area (Å²) in [5.41, 5.74) is 0.745. The largest absolute Gasteiger partial charge is 0.303 e. The maximum absolute atomic E-state index is 2.62. The summed E-state index contributed by atoms with van der Waals surface area (Å²) in [5.74, 6) is 0.907. The fraction of sp³-hybridized carbons (Fsp3) is 1.00. The number of piperidine rings is 3. The molecule has 0 unspecified atom stereocenters. The highest BCUT2D eigenvalue weighted by Crippen LogP contribution is 2.45. The molecule has 1 nitrogen and oxygen atoms in total. The van der Waals surface area contributed by atoms with Crippen LogP contribution in [0.5, 0.6) is 0 Å². The Bertz CT molecular complexity index is 129. The molecule has 0 spiro atoms. The van der Waals surface area contributed by atoms with Crippen LogP contribution in [0, 0.1) is 11.3 Å². The second-order valence-electron chi connectivity index (χ2n) is 4.61.